The molecule has 1 N–H and O–H groups in total. The van der Waals surface area contributed by atoms with Gasteiger partial charge in [-0.15, -0.1) is 0 Å². The van der Waals surface area contributed by atoms with Crippen LogP contribution in [0.4, 0.5) is 11.5 Å². The highest BCUT2D eigenvalue weighted by Gasteiger charge is 2.45. The van der Waals surface area contributed by atoms with Crippen LogP contribution in [0.3, 0.4) is 0 Å². The average molecular weight is 326 g/mol. The third kappa shape index (κ3) is 2.67. The fourth-order valence-corrected chi connectivity index (χ4v) is 4.25. The fraction of sp³-hybridized carbons (Fsp3) is 0.667. The molecule has 116 valence electrons. The Morgan fingerprint density at radius 2 is 2.05 bits per heavy atom. The molecule has 21 heavy (non-hydrogen) atoms. The zero-order valence-electron chi connectivity index (χ0n) is 13.4. The van der Waals surface area contributed by atoms with Gasteiger partial charge in [-0.1, -0.05) is 32.4 Å². The highest BCUT2D eigenvalue weighted by atomic mass is 35.5. The van der Waals surface area contributed by atoms with Gasteiger partial charge in [0.1, 0.15) is 5.15 Å². The van der Waals surface area contributed by atoms with Gasteiger partial charge in [-0.25, -0.2) is 4.98 Å². The van der Waals surface area contributed by atoms with E-state index >= 15 is 0 Å². The Kier molecular flexibility index (Phi) is 3.50. The number of hydrogen-bond acceptors (Lipinski definition) is 4. The lowest BCUT2D eigenvalue weighted by Crippen LogP contribution is -2.48. The van der Waals surface area contributed by atoms with Crippen molar-refractivity contribution in [3.63, 3.8) is 0 Å². The lowest BCUT2D eigenvalue weighted by molar-refractivity contribution is 0.192. The van der Waals surface area contributed by atoms with Crippen LogP contribution in [0.2, 0.25) is 23.3 Å². The van der Waals surface area contributed by atoms with Crippen molar-refractivity contribution in [2.24, 2.45) is 0 Å². The second-order valence-corrected chi connectivity index (χ2v) is 12.7. The van der Waals surface area contributed by atoms with Crippen LogP contribution in [0.1, 0.15) is 20.8 Å². The van der Waals surface area contributed by atoms with Gasteiger partial charge in [0, 0.05) is 13.1 Å². The Morgan fingerprint density at radius 1 is 1.33 bits per heavy atom. The summed E-state index contributed by atoms with van der Waals surface area (Å²) >= 11 is 6.00. The summed E-state index contributed by atoms with van der Waals surface area (Å²) in [6, 6.07) is 4.20. The first-order chi connectivity index (χ1) is 9.67. The first-order valence-electron chi connectivity index (χ1n) is 7.53. The second kappa shape index (κ2) is 4.86. The number of nitrogens with one attached hydrogen (secondary N) is 1. The predicted octanol–water partition coefficient (Wildman–Crippen LogP) is 3.74. The van der Waals surface area contributed by atoms with Gasteiger partial charge in [-0.2, -0.15) is 0 Å². The number of pyridine rings is 1. The van der Waals surface area contributed by atoms with E-state index in [-0.39, 0.29) is 11.1 Å². The van der Waals surface area contributed by atoms with Gasteiger partial charge >= 0.3 is 0 Å². The van der Waals surface area contributed by atoms with Crippen LogP contribution in [-0.4, -0.2) is 38.5 Å². The number of anilines is 2. The summed E-state index contributed by atoms with van der Waals surface area (Å²) in [6.45, 7) is 13.4. The SMILES string of the molecule is CC(C)(C)[Si](C)(C)OC1CN2C[C@H]1Nc1nc(Cl)ccc12. The van der Waals surface area contributed by atoms with Gasteiger partial charge < -0.3 is 14.6 Å². The number of rotatable bonds is 2. The van der Waals surface area contributed by atoms with E-state index in [0.29, 0.717) is 11.2 Å². The van der Waals surface area contributed by atoms with Crippen LogP contribution < -0.4 is 10.2 Å². The Balaban J connectivity index is 1.80. The molecule has 0 amide bonds. The van der Waals surface area contributed by atoms with E-state index in [1.807, 2.05) is 12.1 Å². The van der Waals surface area contributed by atoms with Gasteiger partial charge in [-0.3, -0.25) is 0 Å². The van der Waals surface area contributed by atoms with Crippen molar-refractivity contribution in [1.29, 1.82) is 0 Å². The summed E-state index contributed by atoms with van der Waals surface area (Å²) in [5, 5.41) is 4.28. The van der Waals surface area contributed by atoms with Crippen LogP contribution in [0.15, 0.2) is 12.1 Å². The largest absolute Gasteiger partial charge is 0.410 e. The molecule has 2 atom stereocenters. The molecule has 3 rings (SSSR count). The molecule has 6 heteroatoms. The maximum atomic E-state index is 6.61. The molecule has 0 aliphatic carbocycles. The number of aromatic nitrogens is 1. The van der Waals surface area contributed by atoms with E-state index in [4.69, 9.17) is 16.0 Å². The molecule has 0 radical (unpaired) electrons. The minimum absolute atomic E-state index is 0.221. The van der Waals surface area contributed by atoms with Crippen molar-refractivity contribution in [3.05, 3.63) is 17.3 Å². The Labute approximate surface area is 133 Å². The predicted molar refractivity (Wildman–Crippen MR) is 90.9 cm³/mol. The number of fused-ring (bicyclic) bond motifs is 4. The molecular weight excluding hydrogens is 302 g/mol. The zero-order chi connectivity index (χ0) is 15.4. The molecule has 1 aromatic heterocycles. The average Bonchev–Trinajstić information content (AvgIpc) is 2.65. The Bertz CT molecular complexity index is 558. The van der Waals surface area contributed by atoms with Crippen molar-refractivity contribution >= 4 is 31.4 Å². The minimum Gasteiger partial charge on any atom is -0.410 e. The highest BCUT2D eigenvalue weighted by Crippen LogP contribution is 2.41. The van der Waals surface area contributed by atoms with Crippen LogP contribution in [0, 0.1) is 0 Å². The normalized spacial score (nSPS) is 24.8. The third-order valence-electron chi connectivity index (χ3n) is 5.02. The lowest BCUT2D eigenvalue weighted by atomic mass is 10.2. The van der Waals surface area contributed by atoms with Crippen LogP contribution in [0.25, 0.3) is 0 Å². The molecule has 2 aliphatic heterocycles. The third-order valence-corrected chi connectivity index (χ3v) is 9.74. The summed E-state index contributed by atoms with van der Waals surface area (Å²) in [7, 11) is -1.76. The number of halogens is 1. The topological polar surface area (TPSA) is 37.4 Å². The molecule has 4 nitrogen and oxygen atoms in total. The molecule has 0 saturated carbocycles. The van der Waals surface area contributed by atoms with Crippen LogP contribution in [-0.2, 0) is 4.43 Å². The maximum absolute atomic E-state index is 6.61. The molecule has 1 aromatic rings. The van der Waals surface area contributed by atoms with Crippen LogP contribution in [0.5, 0.6) is 0 Å². The molecule has 0 aromatic carbocycles. The van der Waals surface area contributed by atoms with E-state index in [2.05, 4.69) is 49.1 Å². The van der Waals surface area contributed by atoms with Crippen molar-refractivity contribution in [3.8, 4) is 0 Å². The molecular formula is C15H24ClN3OSi. The van der Waals surface area contributed by atoms with E-state index in [1.54, 1.807) is 0 Å². The maximum Gasteiger partial charge on any atom is 0.192 e. The Morgan fingerprint density at radius 3 is 2.71 bits per heavy atom. The number of hydrogen-bond donors (Lipinski definition) is 1. The lowest BCUT2D eigenvalue weighted by Gasteiger charge is -2.39. The Hall–Kier alpha value is -0.783. The van der Waals surface area contributed by atoms with E-state index in [9.17, 15) is 0 Å². The van der Waals surface area contributed by atoms with Crippen molar-refractivity contribution in [2.75, 3.05) is 23.3 Å². The summed E-state index contributed by atoms with van der Waals surface area (Å²) < 4.78 is 6.61. The first kappa shape index (κ1) is 15.1. The van der Waals surface area contributed by atoms with Gasteiger partial charge in [0.15, 0.2) is 14.1 Å². The standard InChI is InChI=1S/C15H24ClN3OSi/c1-15(2,3)21(4,5)20-12-9-19-8-10(12)17-14-11(19)6-7-13(16)18-14/h6-7,10,12H,8-9H2,1-5H3,(H,17,18)/t10-,12?/m1/s1. The molecule has 0 spiro atoms. The van der Waals surface area contributed by atoms with E-state index in [1.165, 1.54) is 0 Å². The second-order valence-electron chi connectivity index (χ2n) is 7.57. The van der Waals surface area contributed by atoms with Crippen molar-refractivity contribution in [2.45, 2.75) is 51.0 Å². The smallest absolute Gasteiger partial charge is 0.192 e. The summed E-state index contributed by atoms with van der Waals surface area (Å²) in [6.07, 6.45) is 0.221. The van der Waals surface area contributed by atoms with E-state index in [0.717, 1.165) is 24.6 Å². The highest BCUT2D eigenvalue weighted by molar-refractivity contribution is 6.74. The molecule has 1 fully saturated rings. The fourth-order valence-electron chi connectivity index (χ4n) is 2.75. The minimum atomic E-state index is -1.76. The van der Waals surface area contributed by atoms with Crippen LogP contribution >= 0.6 is 11.6 Å². The summed E-state index contributed by atoms with van der Waals surface area (Å²) in [5.74, 6) is 0.889. The van der Waals surface area contributed by atoms with Crippen molar-refractivity contribution in [1.82, 2.24) is 4.98 Å². The first-order valence-corrected chi connectivity index (χ1v) is 10.8. The van der Waals surface area contributed by atoms with E-state index < -0.39 is 8.32 Å². The molecule has 3 heterocycles. The van der Waals surface area contributed by atoms with Crippen molar-refractivity contribution < 1.29 is 4.43 Å². The molecule has 1 unspecified atom stereocenters. The summed E-state index contributed by atoms with van der Waals surface area (Å²) in [5.41, 5.74) is 1.14. The molecule has 2 aliphatic rings. The number of nitrogens with zero attached hydrogens (tertiary/aromatic N) is 2. The zero-order valence-corrected chi connectivity index (χ0v) is 15.2. The van der Waals surface area contributed by atoms with Gasteiger partial charge in [0.05, 0.1) is 17.8 Å². The molecule has 1 saturated heterocycles. The van der Waals surface area contributed by atoms with Gasteiger partial charge in [-0.05, 0) is 30.3 Å². The molecule has 2 bridgehead atoms. The summed E-state index contributed by atoms with van der Waals surface area (Å²) in [4.78, 5) is 6.76. The monoisotopic (exact) mass is 325 g/mol. The quantitative estimate of drug-likeness (QED) is 0.664. The van der Waals surface area contributed by atoms with Gasteiger partial charge in [0.25, 0.3) is 0 Å². The van der Waals surface area contributed by atoms with Gasteiger partial charge in [0.2, 0.25) is 0 Å².